The number of halogens is 2. The molecule has 3 heterocycles. The predicted octanol–water partition coefficient (Wildman–Crippen LogP) is 4.13. The molecular weight excluding hydrogens is 438 g/mol. The lowest BCUT2D eigenvalue weighted by atomic mass is 9.84. The smallest absolute Gasteiger partial charge is 0.321 e. The van der Waals surface area contributed by atoms with Crippen LogP contribution in [0.4, 0.5) is 8.78 Å². The zero-order valence-corrected chi connectivity index (χ0v) is 19.7. The van der Waals surface area contributed by atoms with E-state index in [1.54, 1.807) is 0 Å². The van der Waals surface area contributed by atoms with Crippen LogP contribution < -0.4 is 5.43 Å². The molecule has 8 heteroatoms. The second-order valence-electron chi connectivity index (χ2n) is 10.4. The maximum Gasteiger partial charge on any atom is 0.321 e. The summed E-state index contributed by atoms with van der Waals surface area (Å²) in [5.41, 5.74) is 8.33. The first-order valence-corrected chi connectivity index (χ1v) is 11.4. The monoisotopic (exact) mass is 466 g/mol. The molecular formula is C26H28F2N4O2. The molecule has 0 radical (unpaired) electrons. The fourth-order valence-electron chi connectivity index (χ4n) is 5.44. The van der Waals surface area contributed by atoms with Crippen LogP contribution in [0.15, 0.2) is 52.4 Å². The van der Waals surface area contributed by atoms with Crippen LogP contribution in [0.3, 0.4) is 0 Å². The number of hydrogen-bond donors (Lipinski definition) is 2. The molecule has 1 aromatic carbocycles. The Balaban J connectivity index is 1.56. The Bertz CT molecular complexity index is 1250. The Morgan fingerprint density at radius 1 is 1.24 bits per heavy atom. The molecule has 34 heavy (non-hydrogen) atoms. The fraction of sp³-hybridized carbons (Fsp3) is 0.385. The van der Waals surface area contributed by atoms with Crippen LogP contribution in [0.25, 0.3) is 11.4 Å². The minimum atomic E-state index is -0.814. The van der Waals surface area contributed by atoms with Gasteiger partial charge in [0, 0.05) is 61.2 Å². The first kappa shape index (κ1) is 22.5. The number of carbonyl (C=O) groups is 1. The van der Waals surface area contributed by atoms with Crippen molar-refractivity contribution in [3.8, 4) is 0 Å². The van der Waals surface area contributed by atoms with Crippen molar-refractivity contribution in [3.63, 3.8) is 0 Å². The van der Waals surface area contributed by atoms with E-state index >= 15 is 0 Å². The average Bonchev–Trinajstić information content (AvgIpc) is 2.97. The molecule has 3 aliphatic heterocycles. The maximum absolute atomic E-state index is 14.5. The van der Waals surface area contributed by atoms with Crippen molar-refractivity contribution < 1.29 is 18.7 Å². The number of likely N-dealkylation sites (N-methyl/N-ethyl adjacent to an activating group) is 1. The van der Waals surface area contributed by atoms with Gasteiger partial charge in [-0.2, -0.15) is 5.10 Å². The number of benzene rings is 1. The summed E-state index contributed by atoms with van der Waals surface area (Å²) in [4.78, 5) is 16.0. The van der Waals surface area contributed by atoms with E-state index in [1.807, 2.05) is 43.8 Å². The molecule has 0 bridgehead atoms. The number of hydrogen-bond acceptors (Lipinski definition) is 5. The van der Waals surface area contributed by atoms with Crippen LogP contribution in [-0.4, -0.2) is 59.3 Å². The van der Waals surface area contributed by atoms with Crippen molar-refractivity contribution in [2.75, 3.05) is 26.7 Å². The third-order valence-corrected chi connectivity index (χ3v) is 6.83. The van der Waals surface area contributed by atoms with E-state index in [4.69, 9.17) is 0 Å². The summed E-state index contributed by atoms with van der Waals surface area (Å²) in [6, 6.07) is 2.07. The van der Waals surface area contributed by atoms with E-state index in [0.29, 0.717) is 42.9 Å². The number of carboxylic acids is 1. The molecule has 0 spiro atoms. The van der Waals surface area contributed by atoms with Crippen LogP contribution >= 0.6 is 0 Å². The summed E-state index contributed by atoms with van der Waals surface area (Å²) in [5, 5.41) is 14.3. The van der Waals surface area contributed by atoms with Gasteiger partial charge in [0.25, 0.3) is 0 Å². The number of nitrogens with one attached hydrogen (secondary N) is 1. The van der Waals surface area contributed by atoms with Gasteiger partial charge in [0.05, 0.1) is 11.4 Å². The summed E-state index contributed by atoms with van der Waals surface area (Å²) >= 11 is 0. The molecule has 6 nitrogen and oxygen atoms in total. The second kappa shape index (κ2) is 7.91. The van der Waals surface area contributed by atoms with E-state index < -0.39 is 29.1 Å². The van der Waals surface area contributed by atoms with Crippen LogP contribution in [-0.2, 0) is 4.79 Å². The minimum Gasteiger partial charge on any atom is -0.480 e. The number of carboxylic acid groups (broad SMARTS) is 1. The van der Waals surface area contributed by atoms with E-state index in [1.165, 1.54) is 18.2 Å². The summed E-state index contributed by atoms with van der Waals surface area (Å²) in [7, 11) is 1.95. The van der Waals surface area contributed by atoms with Gasteiger partial charge in [-0.15, -0.1) is 0 Å². The molecule has 0 fully saturated rings. The largest absolute Gasteiger partial charge is 0.480 e. The van der Waals surface area contributed by atoms with Crippen molar-refractivity contribution >= 4 is 23.1 Å². The van der Waals surface area contributed by atoms with Crippen molar-refractivity contribution in [2.24, 2.45) is 10.5 Å². The number of rotatable bonds is 3. The molecule has 4 aliphatic rings. The van der Waals surface area contributed by atoms with Crippen molar-refractivity contribution in [2.45, 2.75) is 33.2 Å². The highest BCUT2D eigenvalue weighted by Crippen LogP contribution is 2.42. The van der Waals surface area contributed by atoms with E-state index in [2.05, 4.69) is 16.6 Å². The Morgan fingerprint density at radius 2 is 1.97 bits per heavy atom. The van der Waals surface area contributed by atoms with Gasteiger partial charge in [0.2, 0.25) is 0 Å². The SMILES string of the molecule is CN1C=C2C(=C(C3=CCN(C(C(=O)O)C(C)(C)C)CC3)C1)NN=C1C=C(F)c3cc(F)cc2c31. The van der Waals surface area contributed by atoms with Crippen LogP contribution in [0.5, 0.6) is 0 Å². The van der Waals surface area contributed by atoms with Gasteiger partial charge in [-0.25, -0.2) is 8.78 Å². The van der Waals surface area contributed by atoms with E-state index in [9.17, 15) is 18.7 Å². The highest BCUT2D eigenvalue weighted by molar-refractivity contribution is 6.21. The van der Waals surface area contributed by atoms with Gasteiger partial charge in [-0.3, -0.25) is 15.1 Å². The third kappa shape index (κ3) is 3.66. The molecule has 0 aromatic heterocycles. The summed E-state index contributed by atoms with van der Waals surface area (Å²) in [6.45, 7) is 7.62. The van der Waals surface area contributed by atoms with Crippen molar-refractivity contribution in [1.82, 2.24) is 15.2 Å². The molecule has 0 saturated heterocycles. The summed E-state index contributed by atoms with van der Waals surface area (Å²) < 4.78 is 29.0. The van der Waals surface area contributed by atoms with Crippen LogP contribution in [0.1, 0.15) is 43.9 Å². The zero-order valence-electron chi connectivity index (χ0n) is 19.7. The fourth-order valence-corrected chi connectivity index (χ4v) is 5.44. The van der Waals surface area contributed by atoms with Crippen LogP contribution in [0, 0.1) is 11.2 Å². The van der Waals surface area contributed by atoms with Crippen LogP contribution in [0.2, 0.25) is 0 Å². The number of fused-ring (bicyclic) bond motifs is 2. The topological polar surface area (TPSA) is 68.2 Å². The standard InChI is InChI=1S/C26H28F2N4O2/c1-26(2,3)24(25(33)34)32-7-5-14(6-8-32)18-12-31(4)13-19-16-9-15(27)10-17-20(28)11-21(22(16)17)29-30-23(18)19/h5,9-11,13,24,30H,6-8,12H2,1-4H3,(H,33,34). The Kier molecular flexibility index (Phi) is 5.24. The Morgan fingerprint density at radius 3 is 2.62 bits per heavy atom. The molecule has 1 aliphatic carbocycles. The second-order valence-corrected chi connectivity index (χ2v) is 10.4. The van der Waals surface area contributed by atoms with Crippen molar-refractivity contribution in [3.05, 3.63) is 69.8 Å². The molecule has 178 valence electrons. The van der Waals surface area contributed by atoms with Gasteiger partial charge in [-0.05, 0) is 35.1 Å². The number of hydrazone groups is 1. The van der Waals surface area contributed by atoms with E-state index in [0.717, 1.165) is 22.4 Å². The van der Waals surface area contributed by atoms with Gasteiger partial charge >= 0.3 is 5.97 Å². The normalized spacial score (nSPS) is 20.9. The molecule has 1 unspecified atom stereocenters. The molecule has 5 rings (SSSR count). The van der Waals surface area contributed by atoms with E-state index in [-0.39, 0.29) is 5.56 Å². The lowest BCUT2D eigenvalue weighted by Gasteiger charge is -2.39. The third-order valence-electron chi connectivity index (χ3n) is 6.83. The zero-order chi connectivity index (χ0) is 24.4. The highest BCUT2D eigenvalue weighted by atomic mass is 19.1. The molecule has 2 N–H and O–H groups in total. The van der Waals surface area contributed by atoms with Gasteiger partial charge in [-0.1, -0.05) is 26.8 Å². The quantitative estimate of drug-likeness (QED) is 0.701. The predicted molar refractivity (Wildman–Crippen MR) is 128 cm³/mol. The number of allylic oxidation sites excluding steroid dienone is 2. The minimum absolute atomic E-state index is 0.224. The first-order valence-electron chi connectivity index (χ1n) is 11.4. The Labute approximate surface area is 197 Å². The molecule has 1 atom stereocenters. The lowest BCUT2D eigenvalue weighted by Crippen LogP contribution is -2.51. The molecule has 0 saturated carbocycles. The number of aliphatic carboxylic acids is 1. The average molecular weight is 467 g/mol. The number of nitrogens with zero attached hydrogens (tertiary/aromatic N) is 3. The lowest BCUT2D eigenvalue weighted by molar-refractivity contribution is -0.147. The molecule has 1 aromatic rings. The molecule has 0 amide bonds. The van der Waals surface area contributed by atoms with Gasteiger partial charge in [0.1, 0.15) is 17.7 Å². The first-order chi connectivity index (χ1) is 16.0. The van der Waals surface area contributed by atoms with Gasteiger partial charge in [0.15, 0.2) is 0 Å². The summed E-state index contributed by atoms with van der Waals surface area (Å²) in [5.74, 6) is -1.80. The summed E-state index contributed by atoms with van der Waals surface area (Å²) in [6.07, 6.45) is 6.04. The Hall–Kier alpha value is -3.26. The van der Waals surface area contributed by atoms with Crippen molar-refractivity contribution in [1.29, 1.82) is 0 Å². The maximum atomic E-state index is 14.5. The van der Waals surface area contributed by atoms with Gasteiger partial charge < -0.3 is 10.0 Å². The highest BCUT2D eigenvalue weighted by Gasteiger charge is 2.38.